The van der Waals surface area contributed by atoms with E-state index < -0.39 is 0 Å². The summed E-state index contributed by atoms with van der Waals surface area (Å²) in [7, 11) is 0. The van der Waals surface area contributed by atoms with E-state index in [1.165, 1.54) is 6.07 Å². The molecule has 0 atom stereocenters. The van der Waals surface area contributed by atoms with Crippen LogP contribution in [0.5, 0.6) is 0 Å². The zero-order valence-electron chi connectivity index (χ0n) is 8.92. The quantitative estimate of drug-likeness (QED) is 0.598. The molecule has 94 valence electrons. The summed E-state index contributed by atoms with van der Waals surface area (Å²) in [4.78, 5) is 7.68. The Morgan fingerprint density at radius 1 is 0.944 bits per heavy atom. The van der Waals surface area contributed by atoms with Crippen LogP contribution in [0.15, 0.2) is 24.3 Å². The van der Waals surface area contributed by atoms with Crippen molar-refractivity contribution in [3.05, 3.63) is 39.5 Å². The van der Waals surface area contributed by atoms with Crippen LogP contribution in [0.2, 0.25) is 15.2 Å². The normalized spacial score (nSPS) is 10.2. The van der Waals surface area contributed by atoms with Crippen LogP contribution in [0, 0.1) is 0 Å². The third kappa shape index (κ3) is 3.29. The lowest BCUT2D eigenvalue weighted by atomic mass is 10.3. The van der Waals surface area contributed by atoms with Crippen molar-refractivity contribution in [2.75, 3.05) is 16.6 Å². The van der Waals surface area contributed by atoms with E-state index in [4.69, 9.17) is 40.5 Å². The second-order valence-corrected chi connectivity index (χ2v) is 4.51. The van der Waals surface area contributed by atoms with Crippen molar-refractivity contribution in [1.29, 1.82) is 0 Å². The highest BCUT2D eigenvalue weighted by Gasteiger charge is 2.01. The van der Waals surface area contributed by atoms with Crippen molar-refractivity contribution < 1.29 is 0 Å². The predicted octanol–water partition coefficient (Wildman–Crippen LogP) is 3.46. The van der Waals surface area contributed by atoms with Gasteiger partial charge in [-0.25, -0.2) is 4.98 Å². The van der Waals surface area contributed by atoms with E-state index >= 15 is 0 Å². The average Bonchev–Trinajstić information content (AvgIpc) is 2.29. The van der Waals surface area contributed by atoms with Crippen molar-refractivity contribution in [2.45, 2.75) is 0 Å². The van der Waals surface area contributed by atoms with Crippen LogP contribution in [0.25, 0.3) is 0 Å². The molecule has 0 fully saturated rings. The van der Waals surface area contributed by atoms with Gasteiger partial charge in [-0.2, -0.15) is 4.98 Å². The van der Waals surface area contributed by atoms with Gasteiger partial charge in [-0.15, -0.1) is 0 Å². The molecule has 2 aromatic rings. The zero-order valence-corrected chi connectivity index (χ0v) is 11.2. The van der Waals surface area contributed by atoms with E-state index in [-0.39, 0.29) is 11.1 Å². The second-order valence-electron chi connectivity index (χ2n) is 3.31. The summed E-state index contributed by atoms with van der Waals surface area (Å²) < 4.78 is 0. The van der Waals surface area contributed by atoms with Gasteiger partial charge in [0.15, 0.2) is 5.82 Å². The molecular weight excluding hydrogens is 297 g/mol. The van der Waals surface area contributed by atoms with Crippen molar-refractivity contribution in [3.8, 4) is 0 Å². The van der Waals surface area contributed by atoms with Gasteiger partial charge in [-0.3, -0.25) is 10.9 Å². The van der Waals surface area contributed by atoms with E-state index in [2.05, 4.69) is 20.8 Å². The standard InChI is InChI=1S/C10H8Cl3N5/c11-6-2-1-5(3-7(6)12)17-18-9-4-8(13)15-10(14)16-9/h1-4,17H,(H3,14,15,16,18). The van der Waals surface area contributed by atoms with Crippen LogP contribution in [0.1, 0.15) is 0 Å². The average molecular weight is 305 g/mol. The van der Waals surface area contributed by atoms with Gasteiger partial charge in [0.2, 0.25) is 5.95 Å². The van der Waals surface area contributed by atoms with E-state index in [0.29, 0.717) is 15.9 Å². The molecule has 8 heteroatoms. The first kappa shape index (κ1) is 13.0. The van der Waals surface area contributed by atoms with Crippen LogP contribution >= 0.6 is 34.8 Å². The molecule has 0 saturated carbocycles. The van der Waals surface area contributed by atoms with Crippen molar-refractivity contribution >= 4 is 52.3 Å². The number of hydrogen-bond acceptors (Lipinski definition) is 5. The van der Waals surface area contributed by atoms with Crippen molar-refractivity contribution in [1.82, 2.24) is 9.97 Å². The second kappa shape index (κ2) is 5.48. The van der Waals surface area contributed by atoms with E-state index in [0.717, 1.165) is 5.69 Å². The minimum Gasteiger partial charge on any atom is -0.368 e. The molecule has 0 aliphatic rings. The monoisotopic (exact) mass is 303 g/mol. The molecule has 0 radical (unpaired) electrons. The molecule has 0 amide bonds. The Hall–Kier alpha value is -1.43. The summed E-state index contributed by atoms with van der Waals surface area (Å²) >= 11 is 17.4. The highest BCUT2D eigenvalue weighted by molar-refractivity contribution is 6.42. The number of nitrogens with two attached hydrogens (primary N) is 1. The number of nitrogens with zero attached hydrogens (tertiary/aromatic N) is 2. The summed E-state index contributed by atoms with van der Waals surface area (Å²) in [6.07, 6.45) is 0. The lowest BCUT2D eigenvalue weighted by molar-refractivity contribution is 1.17. The lowest BCUT2D eigenvalue weighted by Gasteiger charge is -2.10. The number of hydrogen-bond donors (Lipinski definition) is 3. The SMILES string of the molecule is Nc1nc(Cl)cc(NNc2ccc(Cl)c(Cl)c2)n1. The van der Waals surface area contributed by atoms with E-state index in [1.54, 1.807) is 18.2 Å². The molecule has 0 bridgehead atoms. The number of nitrogen functional groups attached to an aromatic ring is 1. The molecule has 2 rings (SSSR count). The van der Waals surface area contributed by atoms with Crippen molar-refractivity contribution in [3.63, 3.8) is 0 Å². The Balaban J connectivity index is 2.08. The van der Waals surface area contributed by atoms with Gasteiger partial charge in [0.05, 0.1) is 15.7 Å². The fraction of sp³-hybridized carbons (Fsp3) is 0. The summed E-state index contributed by atoms with van der Waals surface area (Å²) in [5.41, 5.74) is 11.9. The zero-order chi connectivity index (χ0) is 13.1. The summed E-state index contributed by atoms with van der Waals surface area (Å²) in [5, 5.41) is 1.18. The molecule has 0 saturated heterocycles. The maximum atomic E-state index is 5.88. The van der Waals surface area contributed by atoms with Crippen LogP contribution in [0.3, 0.4) is 0 Å². The van der Waals surface area contributed by atoms with Gasteiger partial charge in [0, 0.05) is 6.07 Å². The van der Waals surface area contributed by atoms with Crippen LogP contribution in [-0.4, -0.2) is 9.97 Å². The molecule has 0 aliphatic carbocycles. The largest absolute Gasteiger partial charge is 0.368 e. The minimum absolute atomic E-state index is 0.0842. The molecule has 4 N–H and O–H groups in total. The number of hydrazine groups is 1. The molecule has 0 spiro atoms. The molecule has 18 heavy (non-hydrogen) atoms. The highest BCUT2D eigenvalue weighted by atomic mass is 35.5. The summed E-state index contributed by atoms with van der Waals surface area (Å²) in [6, 6.07) is 6.63. The fourth-order valence-corrected chi connectivity index (χ4v) is 1.70. The van der Waals surface area contributed by atoms with E-state index in [9.17, 15) is 0 Å². The first-order chi connectivity index (χ1) is 8.54. The maximum Gasteiger partial charge on any atom is 0.223 e. The Morgan fingerprint density at radius 3 is 2.39 bits per heavy atom. The maximum absolute atomic E-state index is 5.88. The van der Waals surface area contributed by atoms with Crippen LogP contribution < -0.4 is 16.6 Å². The third-order valence-corrected chi connectivity index (χ3v) is 2.90. The summed E-state index contributed by atoms with van der Waals surface area (Å²) in [6.45, 7) is 0. The van der Waals surface area contributed by atoms with Crippen molar-refractivity contribution in [2.24, 2.45) is 0 Å². The number of nitrogens with one attached hydrogen (secondary N) is 2. The number of aromatic nitrogens is 2. The Labute approximate surface area is 118 Å². The predicted molar refractivity (Wildman–Crippen MR) is 75.2 cm³/mol. The van der Waals surface area contributed by atoms with E-state index in [1.807, 2.05) is 0 Å². The molecular formula is C10H8Cl3N5. The molecule has 1 aromatic carbocycles. The first-order valence-electron chi connectivity index (χ1n) is 4.82. The van der Waals surface area contributed by atoms with Gasteiger partial charge in [-0.1, -0.05) is 34.8 Å². The number of halogens is 3. The van der Waals surface area contributed by atoms with Gasteiger partial charge < -0.3 is 5.73 Å². The topological polar surface area (TPSA) is 75.9 Å². The fourth-order valence-electron chi connectivity index (χ4n) is 1.21. The smallest absolute Gasteiger partial charge is 0.223 e. The summed E-state index contributed by atoms with van der Waals surface area (Å²) in [5.74, 6) is 0.527. The number of rotatable bonds is 3. The molecule has 0 aliphatic heterocycles. The molecule has 1 heterocycles. The lowest BCUT2D eigenvalue weighted by Crippen LogP contribution is -2.11. The van der Waals surface area contributed by atoms with Gasteiger partial charge in [0.25, 0.3) is 0 Å². The number of benzene rings is 1. The molecule has 5 nitrogen and oxygen atoms in total. The Morgan fingerprint density at radius 2 is 1.72 bits per heavy atom. The first-order valence-corrected chi connectivity index (χ1v) is 5.95. The number of anilines is 3. The van der Waals surface area contributed by atoms with Gasteiger partial charge in [0.1, 0.15) is 5.15 Å². The molecule has 1 aromatic heterocycles. The molecule has 0 unspecified atom stereocenters. The minimum atomic E-state index is 0.0842. The van der Waals surface area contributed by atoms with Gasteiger partial charge in [-0.05, 0) is 18.2 Å². The van der Waals surface area contributed by atoms with Crippen LogP contribution in [-0.2, 0) is 0 Å². The Kier molecular flexibility index (Phi) is 3.96. The third-order valence-electron chi connectivity index (χ3n) is 1.97. The van der Waals surface area contributed by atoms with Gasteiger partial charge >= 0.3 is 0 Å². The van der Waals surface area contributed by atoms with Crippen LogP contribution in [0.4, 0.5) is 17.5 Å². The Bertz CT molecular complexity index is 555. The highest BCUT2D eigenvalue weighted by Crippen LogP contribution is 2.25.